The molecule has 0 bridgehead atoms. The normalized spacial score (nSPS) is 11.5. The van der Waals surface area contributed by atoms with E-state index < -0.39 is 0 Å². The minimum absolute atomic E-state index is 0.148. The molecule has 0 spiro atoms. The van der Waals surface area contributed by atoms with Gasteiger partial charge in [0.25, 0.3) is 11.5 Å². The zero-order chi connectivity index (χ0) is 27.3. The maximum Gasteiger partial charge on any atom is 0.262 e. The van der Waals surface area contributed by atoms with Crippen molar-refractivity contribution in [1.29, 1.82) is 0 Å². The van der Waals surface area contributed by atoms with Gasteiger partial charge in [-0.05, 0) is 30.7 Å². The molecule has 0 radical (unpaired) electrons. The fraction of sp³-hybridized carbons (Fsp3) is 0.179. The van der Waals surface area contributed by atoms with Crippen molar-refractivity contribution >= 4 is 27.8 Å². The first-order chi connectivity index (χ1) is 18.9. The fourth-order valence-electron chi connectivity index (χ4n) is 4.86. The van der Waals surface area contributed by atoms with Gasteiger partial charge in [0.15, 0.2) is 5.76 Å². The number of carbonyl (C=O) groups is 1. The number of nitrogens with one attached hydrogen (secondary N) is 2. The van der Waals surface area contributed by atoms with Crippen molar-refractivity contribution in [3.8, 4) is 33.7 Å². The van der Waals surface area contributed by atoms with Gasteiger partial charge in [-0.3, -0.25) is 14.3 Å². The highest BCUT2D eigenvalue weighted by atomic mass is 16.5. The minimum Gasteiger partial charge on any atom is -0.395 e. The van der Waals surface area contributed by atoms with Crippen molar-refractivity contribution in [1.82, 2.24) is 34.8 Å². The van der Waals surface area contributed by atoms with E-state index in [4.69, 9.17) is 9.63 Å². The molecule has 0 fully saturated rings. The summed E-state index contributed by atoms with van der Waals surface area (Å²) >= 11 is 0. The van der Waals surface area contributed by atoms with E-state index in [2.05, 4.69) is 25.5 Å². The van der Waals surface area contributed by atoms with Crippen LogP contribution in [-0.4, -0.2) is 53.6 Å². The average molecular weight is 524 g/mol. The van der Waals surface area contributed by atoms with Crippen LogP contribution in [0.25, 0.3) is 55.6 Å². The second kappa shape index (κ2) is 9.37. The molecule has 0 saturated carbocycles. The highest BCUT2D eigenvalue weighted by Crippen LogP contribution is 2.40. The Kier molecular flexibility index (Phi) is 5.84. The Morgan fingerprint density at radius 2 is 1.90 bits per heavy atom. The standard InChI is InChI=1S/C28H25N7O4/c1-15-10-22(39-33-15)25-23(16-4-6-17(7-5-16)27(37)29-8-9-36)24-19-11-20(18-12-31-34(2)14-18)32-26(19)30-13-21(24)35(3)28(25)38/h4-7,10-14,36H,8-9H2,1-3H3,(H,29,37)(H,30,32). The Labute approximate surface area is 221 Å². The Morgan fingerprint density at radius 1 is 1.10 bits per heavy atom. The zero-order valence-corrected chi connectivity index (χ0v) is 21.5. The number of H-pyrrole nitrogens is 1. The summed E-state index contributed by atoms with van der Waals surface area (Å²) in [4.78, 5) is 34.2. The van der Waals surface area contributed by atoms with E-state index in [-0.39, 0.29) is 24.6 Å². The summed E-state index contributed by atoms with van der Waals surface area (Å²) in [5.41, 5.74) is 5.59. The first-order valence-electron chi connectivity index (χ1n) is 12.3. The summed E-state index contributed by atoms with van der Waals surface area (Å²) in [6.07, 6.45) is 5.36. The lowest BCUT2D eigenvalue weighted by molar-refractivity contribution is 0.0945. The Morgan fingerprint density at radius 3 is 2.56 bits per heavy atom. The number of carbonyl (C=O) groups excluding carboxylic acids is 1. The number of rotatable bonds is 6. The van der Waals surface area contributed by atoms with Crippen molar-refractivity contribution in [3.63, 3.8) is 0 Å². The lowest BCUT2D eigenvalue weighted by Gasteiger charge is -2.15. The number of aromatic amines is 1. The van der Waals surface area contributed by atoms with Crippen LogP contribution in [0.5, 0.6) is 0 Å². The van der Waals surface area contributed by atoms with E-state index >= 15 is 0 Å². The molecule has 39 heavy (non-hydrogen) atoms. The van der Waals surface area contributed by atoms with Crippen LogP contribution in [-0.2, 0) is 14.1 Å². The third-order valence-electron chi connectivity index (χ3n) is 6.74. The molecule has 6 aromatic rings. The molecular weight excluding hydrogens is 498 g/mol. The van der Waals surface area contributed by atoms with E-state index in [0.717, 1.165) is 27.6 Å². The van der Waals surface area contributed by atoms with Crippen LogP contribution in [0.3, 0.4) is 0 Å². The molecule has 0 aliphatic carbocycles. The van der Waals surface area contributed by atoms with Crippen LogP contribution in [0.2, 0.25) is 0 Å². The second-order valence-corrected chi connectivity index (χ2v) is 9.37. The van der Waals surface area contributed by atoms with Gasteiger partial charge in [-0.1, -0.05) is 17.3 Å². The van der Waals surface area contributed by atoms with Gasteiger partial charge in [0, 0.05) is 60.4 Å². The molecule has 196 valence electrons. The third kappa shape index (κ3) is 4.09. The molecule has 0 unspecified atom stereocenters. The lowest BCUT2D eigenvalue weighted by atomic mass is 9.93. The molecule has 11 heteroatoms. The molecule has 11 nitrogen and oxygen atoms in total. The number of amides is 1. The van der Waals surface area contributed by atoms with Crippen LogP contribution in [0.15, 0.2) is 64.3 Å². The quantitative estimate of drug-likeness (QED) is 0.304. The molecule has 0 saturated heterocycles. The number of aryl methyl sites for hydroxylation is 3. The summed E-state index contributed by atoms with van der Waals surface area (Å²) in [5, 5.41) is 21.6. The number of hydrogen-bond donors (Lipinski definition) is 3. The average Bonchev–Trinajstić information content (AvgIpc) is 3.68. The lowest BCUT2D eigenvalue weighted by Crippen LogP contribution is -2.26. The predicted molar refractivity (Wildman–Crippen MR) is 146 cm³/mol. The van der Waals surface area contributed by atoms with Gasteiger partial charge in [-0.25, -0.2) is 4.98 Å². The smallest absolute Gasteiger partial charge is 0.262 e. The maximum absolute atomic E-state index is 13.8. The second-order valence-electron chi connectivity index (χ2n) is 9.37. The largest absolute Gasteiger partial charge is 0.395 e. The Balaban J connectivity index is 1.67. The monoisotopic (exact) mass is 523 g/mol. The van der Waals surface area contributed by atoms with Gasteiger partial charge in [0.1, 0.15) is 5.65 Å². The number of benzene rings is 1. The van der Waals surface area contributed by atoms with Gasteiger partial charge >= 0.3 is 0 Å². The maximum atomic E-state index is 13.8. The first kappa shape index (κ1) is 24.3. The molecule has 1 aromatic carbocycles. The van der Waals surface area contributed by atoms with Gasteiger partial charge in [0.2, 0.25) is 0 Å². The summed E-state index contributed by atoms with van der Waals surface area (Å²) in [6, 6.07) is 10.7. The van der Waals surface area contributed by atoms with E-state index in [1.54, 1.807) is 65.9 Å². The van der Waals surface area contributed by atoms with E-state index in [1.165, 1.54) is 0 Å². The number of nitrogens with zero attached hydrogens (tertiary/aromatic N) is 5. The first-order valence-corrected chi connectivity index (χ1v) is 12.3. The van der Waals surface area contributed by atoms with E-state index in [9.17, 15) is 9.59 Å². The number of aromatic nitrogens is 6. The van der Waals surface area contributed by atoms with E-state index in [0.29, 0.717) is 39.3 Å². The van der Waals surface area contributed by atoms with Crippen molar-refractivity contribution in [2.45, 2.75) is 6.92 Å². The molecule has 1 amide bonds. The molecule has 0 aliphatic heterocycles. The fourth-order valence-corrected chi connectivity index (χ4v) is 4.86. The highest BCUT2D eigenvalue weighted by molar-refractivity contribution is 6.15. The number of aliphatic hydroxyl groups excluding tert-OH is 1. The SMILES string of the molecule is Cc1cc(-c2c(-c3ccc(C(=O)NCCO)cc3)c3c4cc(-c5cnn(C)c5)[nH]c4ncc3n(C)c2=O)on1. The van der Waals surface area contributed by atoms with Crippen molar-refractivity contribution in [3.05, 3.63) is 76.6 Å². The highest BCUT2D eigenvalue weighted by Gasteiger charge is 2.24. The molecule has 0 atom stereocenters. The summed E-state index contributed by atoms with van der Waals surface area (Å²) in [7, 11) is 3.56. The van der Waals surface area contributed by atoms with Crippen molar-refractivity contribution in [2.75, 3.05) is 13.2 Å². The van der Waals surface area contributed by atoms with Crippen LogP contribution in [0.4, 0.5) is 0 Å². The zero-order valence-electron chi connectivity index (χ0n) is 21.5. The summed E-state index contributed by atoms with van der Waals surface area (Å²) in [6.45, 7) is 1.81. The number of fused-ring (bicyclic) bond motifs is 3. The van der Waals surface area contributed by atoms with Crippen molar-refractivity contribution in [2.24, 2.45) is 14.1 Å². The molecular formula is C28H25N7O4. The minimum atomic E-state index is -0.297. The molecule has 3 N–H and O–H groups in total. The molecule has 5 heterocycles. The third-order valence-corrected chi connectivity index (χ3v) is 6.74. The molecule has 5 aromatic heterocycles. The van der Waals surface area contributed by atoms with Crippen LogP contribution in [0.1, 0.15) is 16.1 Å². The summed E-state index contributed by atoms with van der Waals surface area (Å²) < 4.78 is 8.90. The van der Waals surface area contributed by atoms with Crippen LogP contribution < -0.4 is 10.9 Å². The Bertz CT molecular complexity index is 1930. The molecule has 0 aliphatic rings. The topological polar surface area (TPSA) is 144 Å². The summed E-state index contributed by atoms with van der Waals surface area (Å²) in [5.74, 6) is 0.0524. The van der Waals surface area contributed by atoms with E-state index in [1.807, 2.05) is 19.3 Å². The Hall–Kier alpha value is -5.03. The van der Waals surface area contributed by atoms with Gasteiger partial charge < -0.3 is 24.5 Å². The number of pyridine rings is 2. The van der Waals surface area contributed by atoms with Gasteiger partial charge in [-0.15, -0.1) is 0 Å². The number of aliphatic hydroxyl groups is 1. The predicted octanol–water partition coefficient (Wildman–Crippen LogP) is 3.17. The van der Waals surface area contributed by atoms with Gasteiger partial charge in [-0.2, -0.15) is 5.10 Å². The van der Waals surface area contributed by atoms with Crippen molar-refractivity contribution < 1.29 is 14.4 Å². The van der Waals surface area contributed by atoms with Gasteiger partial charge in [0.05, 0.1) is 41.5 Å². The molecule has 6 rings (SSSR count). The van der Waals surface area contributed by atoms with Crippen LogP contribution in [0, 0.1) is 6.92 Å². The number of hydrogen-bond acceptors (Lipinski definition) is 7. The van der Waals surface area contributed by atoms with Crippen LogP contribution >= 0.6 is 0 Å².